The van der Waals surface area contributed by atoms with Crippen molar-refractivity contribution in [3.63, 3.8) is 0 Å². The zero-order chi connectivity index (χ0) is 19.6. The molecule has 0 saturated carbocycles. The van der Waals surface area contributed by atoms with Crippen molar-refractivity contribution in [2.75, 3.05) is 5.32 Å². The first-order valence-corrected chi connectivity index (χ1v) is 8.98. The van der Waals surface area contributed by atoms with Crippen molar-refractivity contribution >= 4 is 56.3 Å². The molecule has 0 aliphatic carbocycles. The minimum atomic E-state index is -1.03. The zero-order valence-electron chi connectivity index (χ0n) is 14.0. The summed E-state index contributed by atoms with van der Waals surface area (Å²) in [6.07, 6.45) is -1.03. The third-order valence-corrected chi connectivity index (χ3v) is 4.99. The van der Waals surface area contributed by atoms with E-state index in [-0.39, 0.29) is 10.6 Å². The van der Waals surface area contributed by atoms with Gasteiger partial charge in [-0.25, -0.2) is 4.79 Å². The molecule has 1 aromatic heterocycles. The molecule has 0 fully saturated rings. The zero-order valence-corrected chi connectivity index (χ0v) is 15.5. The smallest absolute Gasteiger partial charge is 0.349 e. The number of hydrogen-bond donors (Lipinski definition) is 1. The van der Waals surface area contributed by atoms with E-state index in [9.17, 15) is 19.7 Å². The number of hydrogen-bond acceptors (Lipinski definition) is 6. The molecule has 138 valence electrons. The molecule has 2 aromatic carbocycles. The molecule has 9 heteroatoms. The quantitative estimate of drug-likeness (QED) is 0.379. The third-order valence-electron chi connectivity index (χ3n) is 3.66. The Morgan fingerprint density at radius 1 is 1.22 bits per heavy atom. The van der Waals surface area contributed by atoms with E-state index in [1.807, 2.05) is 0 Å². The van der Waals surface area contributed by atoms with Gasteiger partial charge in [-0.15, -0.1) is 11.3 Å². The van der Waals surface area contributed by atoms with Crippen LogP contribution in [0.15, 0.2) is 48.5 Å². The fraction of sp³-hybridized carbons (Fsp3) is 0.111. The lowest BCUT2D eigenvalue weighted by atomic mass is 10.2. The Bertz CT molecular complexity index is 1050. The molecule has 0 aliphatic heterocycles. The molecule has 0 bridgehead atoms. The van der Waals surface area contributed by atoms with Crippen molar-refractivity contribution in [3.05, 3.63) is 68.5 Å². The fourth-order valence-corrected chi connectivity index (χ4v) is 3.44. The van der Waals surface area contributed by atoms with E-state index in [2.05, 4.69) is 5.32 Å². The highest BCUT2D eigenvalue weighted by Gasteiger charge is 2.21. The van der Waals surface area contributed by atoms with Crippen LogP contribution in [0, 0.1) is 10.1 Å². The van der Waals surface area contributed by atoms with Gasteiger partial charge in [0, 0.05) is 32.9 Å². The van der Waals surface area contributed by atoms with Crippen molar-refractivity contribution < 1.29 is 19.2 Å². The highest BCUT2D eigenvalue weighted by molar-refractivity contribution is 7.20. The molecule has 0 saturated heterocycles. The van der Waals surface area contributed by atoms with Crippen molar-refractivity contribution in [1.29, 1.82) is 0 Å². The Morgan fingerprint density at radius 2 is 2.00 bits per heavy atom. The highest BCUT2D eigenvalue weighted by atomic mass is 35.5. The number of fused-ring (bicyclic) bond motifs is 1. The molecule has 0 aliphatic rings. The number of ether oxygens (including phenoxy) is 1. The van der Waals surface area contributed by atoms with Crippen LogP contribution in [0.5, 0.6) is 0 Å². The number of carbonyl (C=O) groups excluding carboxylic acids is 2. The van der Waals surface area contributed by atoms with Crippen LogP contribution in [0.4, 0.5) is 11.4 Å². The molecule has 27 heavy (non-hydrogen) atoms. The Kier molecular flexibility index (Phi) is 5.38. The van der Waals surface area contributed by atoms with Gasteiger partial charge in [-0.3, -0.25) is 14.9 Å². The maximum atomic E-state index is 12.3. The van der Waals surface area contributed by atoms with E-state index in [4.69, 9.17) is 16.3 Å². The topological polar surface area (TPSA) is 98.5 Å². The van der Waals surface area contributed by atoms with Crippen LogP contribution in [-0.2, 0) is 9.53 Å². The number of esters is 1. The first-order chi connectivity index (χ1) is 12.8. The summed E-state index contributed by atoms with van der Waals surface area (Å²) in [5.41, 5.74) is 0.430. The Hall–Kier alpha value is -2.97. The highest BCUT2D eigenvalue weighted by Crippen LogP contribution is 2.29. The molecule has 1 heterocycles. The van der Waals surface area contributed by atoms with Crippen LogP contribution in [0.1, 0.15) is 16.6 Å². The molecule has 0 unspecified atom stereocenters. The van der Waals surface area contributed by atoms with Crippen molar-refractivity contribution in [3.8, 4) is 0 Å². The number of benzene rings is 2. The van der Waals surface area contributed by atoms with Gasteiger partial charge in [-0.1, -0.05) is 17.7 Å². The Labute approximate surface area is 162 Å². The minimum Gasteiger partial charge on any atom is -0.448 e. The predicted octanol–water partition coefficient (Wildman–Crippen LogP) is 4.65. The van der Waals surface area contributed by atoms with Gasteiger partial charge in [0.25, 0.3) is 11.6 Å². The number of thiophene rings is 1. The standard InChI is InChI=1S/C18H13ClN2O5S/c1-10(17(22)20-13-4-2-3-12(19)9-13)26-18(23)16-8-11-7-14(21(24)25)5-6-15(11)27-16/h2-10H,1H3,(H,20,22)/t10-/m0/s1. The number of halogens is 1. The molecule has 0 spiro atoms. The minimum absolute atomic E-state index is 0.0607. The number of rotatable bonds is 5. The fourth-order valence-electron chi connectivity index (χ4n) is 2.33. The van der Waals surface area contributed by atoms with Gasteiger partial charge < -0.3 is 10.1 Å². The number of anilines is 1. The van der Waals surface area contributed by atoms with Gasteiger partial charge in [-0.2, -0.15) is 0 Å². The molecular weight excluding hydrogens is 392 g/mol. The van der Waals surface area contributed by atoms with E-state index < -0.39 is 22.9 Å². The number of amides is 1. The van der Waals surface area contributed by atoms with Crippen molar-refractivity contribution in [2.24, 2.45) is 0 Å². The Balaban J connectivity index is 1.69. The van der Waals surface area contributed by atoms with Gasteiger partial charge in [0.05, 0.1) is 4.92 Å². The first-order valence-electron chi connectivity index (χ1n) is 7.79. The summed E-state index contributed by atoms with van der Waals surface area (Å²) in [5.74, 6) is -1.17. The summed E-state index contributed by atoms with van der Waals surface area (Å²) in [4.78, 5) is 35.1. The second-order valence-electron chi connectivity index (χ2n) is 5.64. The van der Waals surface area contributed by atoms with Gasteiger partial charge >= 0.3 is 5.97 Å². The molecule has 3 aromatic rings. The maximum Gasteiger partial charge on any atom is 0.349 e. The van der Waals surface area contributed by atoms with Gasteiger partial charge in [0.1, 0.15) is 4.88 Å². The van der Waals surface area contributed by atoms with Crippen LogP contribution in [0.25, 0.3) is 10.1 Å². The molecule has 7 nitrogen and oxygen atoms in total. The predicted molar refractivity (Wildman–Crippen MR) is 103 cm³/mol. The SMILES string of the molecule is C[C@H](OC(=O)c1cc2cc([N+](=O)[O-])ccc2s1)C(=O)Nc1cccc(Cl)c1. The average Bonchev–Trinajstić information content (AvgIpc) is 3.05. The van der Waals surface area contributed by atoms with E-state index in [0.717, 1.165) is 11.3 Å². The monoisotopic (exact) mass is 404 g/mol. The van der Waals surface area contributed by atoms with E-state index >= 15 is 0 Å². The lowest BCUT2D eigenvalue weighted by Gasteiger charge is -2.13. The van der Waals surface area contributed by atoms with Crippen molar-refractivity contribution in [1.82, 2.24) is 0 Å². The summed E-state index contributed by atoms with van der Waals surface area (Å²) in [5, 5.41) is 14.5. The van der Waals surface area contributed by atoms with Gasteiger partial charge in [0.2, 0.25) is 0 Å². The van der Waals surface area contributed by atoms with Gasteiger partial charge in [0.15, 0.2) is 6.10 Å². The van der Waals surface area contributed by atoms with Gasteiger partial charge in [-0.05, 0) is 37.3 Å². The number of nitrogens with one attached hydrogen (secondary N) is 1. The second-order valence-corrected chi connectivity index (χ2v) is 7.16. The average molecular weight is 405 g/mol. The normalized spacial score (nSPS) is 11.8. The summed E-state index contributed by atoms with van der Waals surface area (Å²) >= 11 is 7.00. The van der Waals surface area contributed by atoms with E-state index in [1.54, 1.807) is 30.3 Å². The molecule has 1 amide bonds. The number of carbonyl (C=O) groups is 2. The first kappa shape index (κ1) is 18.8. The second kappa shape index (κ2) is 7.73. The summed E-state index contributed by atoms with van der Waals surface area (Å²) in [6.45, 7) is 1.45. The van der Waals surface area contributed by atoms with Crippen molar-refractivity contribution in [2.45, 2.75) is 13.0 Å². The number of non-ortho nitro benzene ring substituents is 1. The van der Waals surface area contributed by atoms with Crippen LogP contribution in [-0.4, -0.2) is 22.9 Å². The summed E-state index contributed by atoms with van der Waals surface area (Å²) < 4.78 is 5.91. The third kappa shape index (κ3) is 4.42. The van der Waals surface area contributed by atoms with Crippen LogP contribution < -0.4 is 5.32 Å². The number of nitrogens with zero attached hydrogens (tertiary/aromatic N) is 1. The van der Waals surface area contributed by atoms with Crippen LogP contribution >= 0.6 is 22.9 Å². The van der Waals surface area contributed by atoms with Crippen LogP contribution in [0.2, 0.25) is 5.02 Å². The number of nitro benzene ring substituents is 1. The maximum absolute atomic E-state index is 12.3. The lowest BCUT2D eigenvalue weighted by Crippen LogP contribution is -2.29. The summed E-state index contributed by atoms with van der Waals surface area (Å²) in [7, 11) is 0. The van der Waals surface area contributed by atoms with E-state index in [1.165, 1.54) is 25.1 Å². The molecule has 1 atom stereocenters. The van der Waals surface area contributed by atoms with Crippen LogP contribution in [0.3, 0.4) is 0 Å². The van der Waals surface area contributed by atoms with E-state index in [0.29, 0.717) is 20.8 Å². The molecular formula is C18H13ClN2O5S. The summed E-state index contributed by atoms with van der Waals surface area (Å²) in [6, 6.07) is 12.4. The Morgan fingerprint density at radius 3 is 2.70 bits per heavy atom. The largest absolute Gasteiger partial charge is 0.448 e. The molecule has 1 N–H and O–H groups in total. The lowest BCUT2D eigenvalue weighted by molar-refractivity contribution is -0.384. The molecule has 3 rings (SSSR count). The molecule has 0 radical (unpaired) electrons. The number of nitro groups is 1.